The van der Waals surface area contributed by atoms with Gasteiger partial charge in [-0.25, -0.2) is 0 Å². The summed E-state index contributed by atoms with van der Waals surface area (Å²) < 4.78 is 1.12. The highest BCUT2D eigenvalue weighted by molar-refractivity contribution is 9.10. The Morgan fingerprint density at radius 2 is 2.26 bits per heavy atom. The fraction of sp³-hybridized carbons (Fsp3) is 0.600. The smallest absolute Gasteiger partial charge is 0.0410 e. The molecular formula is C15H22BrClN2. The number of benzene rings is 1. The van der Waals surface area contributed by atoms with Gasteiger partial charge in [0.1, 0.15) is 0 Å². The zero-order valence-corrected chi connectivity index (χ0v) is 14.0. The molecule has 0 saturated carbocycles. The number of halogens is 2. The van der Waals surface area contributed by atoms with Gasteiger partial charge in [-0.15, -0.1) is 0 Å². The number of hydrogen-bond donors (Lipinski definition) is 1. The van der Waals surface area contributed by atoms with Crippen LogP contribution < -0.4 is 5.32 Å². The summed E-state index contributed by atoms with van der Waals surface area (Å²) in [5.74, 6) is 0.778. The number of nitrogens with one attached hydrogen (secondary N) is 1. The van der Waals surface area contributed by atoms with Crippen molar-refractivity contribution in [1.82, 2.24) is 10.2 Å². The first-order valence-electron chi connectivity index (χ1n) is 6.95. The first-order valence-corrected chi connectivity index (χ1v) is 8.12. The lowest BCUT2D eigenvalue weighted by Crippen LogP contribution is -2.30. The average molecular weight is 346 g/mol. The highest BCUT2D eigenvalue weighted by atomic mass is 79.9. The summed E-state index contributed by atoms with van der Waals surface area (Å²) in [6.07, 6.45) is 1.31. The van der Waals surface area contributed by atoms with Crippen molar-refractivity contribution in [2.75, 3.05) is 19.6 Å². The van der Waals surface area contributed by atoms with E-state index in [-0.39, 0.29) is 0 Å². The Hall–Kier alpha value is -0.0900. The van der Waals surface area contributed by atoms with Crippen LogP contribution in [0, 0.1) is 5.92 Å². The van der Waals surface area contributed by atoms with Crippen molar-refractivity contribution >= 4 is 27.5 Å². The highest BCUT2D eigenvalue weighted by Crippen LogP contribution is 2.22. The maximum absolute atomic E-state index is 6.02. The third-order valence-electron chi connectivity index (χ3n) is 3.80. The molecule has 2 rings (SSSR count). The molecule has 106 valence electrons. The Balaban J connectivity index is 1.77. The molecule has 0 aliphatic carbocycles. The minimum atomic E-state index is 0.673. The van der Waals surface area contributed by atoms with E-state index in [1.54, 1.807) is 0 Å². The van der Waals surface area contributed by atoms with E-state index in [0.29, 0.717) is 6.04 Å². The molecule has 1 aromatic rings. The molecule has 1 aromatic carbocycles. The molecule has 4 heteroatoms. The number of likely N-dealkylation sites (tertiary alicyclic amines) is 1. The molecule has 0 bridgehead atoms. The van der Waals surface area contributed by atoms with Crippen LogP contribution in [0.25, 0.3) is 0 Å². The van der Waals surface area contributed by atoms with Gasteiger partial charge in [0.2, 0.25) is 0 Å². The molecule has 1 fully saturated rings. The molecule has 1 aliphatic rings. The molecule has 0 spiro atoms. The van der Waals surface area contributed by atoms with Crippen LogP contribution in [0.3, 0.4) is 0 Å². The largest absolute Gasteiger partial charge is 0.312 e. The van der Waals surface area contributed by atoms with Crippen LogP contribution in [0.1, 0.15) is 25.8 Å². The Morgan fingerprint density at radius 3 is 2.95 bits per heavy atom. The van der Waals surface area contributed by atoms with Gasteiger partial charge in [0.15, 0.2) is 0 Å². The van der Waals surface area contributed by atoms with Gasteiger partial charge < -0.3 is 10.2 Å². The van der Waals surface area contributed by atoms with Crippen LogP contribution >= 0.6 is 27.5 Å². The first kappa shape index (κ1) is 15.3. The fourth-order valence-corrected chi connectivity index (χ4v) is 3.17. The van der Waals surface area contributed by atoms with E-state index in [2.05, 4.69) is 40.0 Å². The van der Waals surface area contributed by atoms with E-state index in [9.17, 15) is 0 Å². The van der Waals surface area contributed by atoms with Gasteiger partial charge in [-0.1, -0.05) is 27.5 Å². The summed E-state index contributed by atoms with van der Waals surface area (Å²) in [5.41, 5.74) is 1.23. The molecule has 0 radical (unpaired) electrons. The molecule has 1 N–H and O–H groups in total. The van der Waals surface area contributed by atoms with Gasteiger partial charge in [-0.05, 0) is 63.0 Å². The van der Waals surface area contributed by atoms with Crippen LogP contribution in [0.5, 0.6) is 0 Å². The van der Waals surface area contributed by atoms with E-state index >= 15 is 0 Å². The SMILES string of the molecule is CC(C)N1CCC(CNCc2cc(Cl)ccc2Br)C1. The third kappa shape index (κ3) is 4.45. The Kier molecular flexibility index (Phi) is 5.70. The molecule has 19 heavy (non-hydrogen) atoms. The Morgan fingerprint density at radius 1 is 1.47 bits per heavy atom. The van der Waals surface area contributed by atoms with E-state index < -0.39 is 0 Å². The monoisotopic (exact) mass is 344 g/mol. The van der Waals surface area contributed by atoms with E-state index in [1.165, 1.54) is 25.1 Å². The van der Waals surface area contributed by atoms with Gasteiger partial charge >= 0.3 is 0 Å². The van der Waals surface area contributed by atoms with Crippen LogP contribution in [0.15, 0.2) is 22.7 Å². The van der Waals surface area contributed by atoms with Crippen molar-refractivity contribution in [1.29, 1.82) is 0 Å². The quantitative estimate of drug-likeness (QED) is 0.870. The van der Waals surface area contributed by atoms with Crippen LogP contribution in [0.2, 0.25) is 5.02 Å². The number of rotatable bonds is 5. The van der Waals surface area contributed by atoms with E-state index in [4.69, 9.17) is 11.6 Å². The molecular weight excluding hydrogens is 324 g/mol. The maximum Gasteiger partial charge on any atom is 0.0410 e. The number of nitrogens with zero attached hydrogens (tertiary/aromatic N) is 1. The Bertz CT molecular complexity index is 423. The molecule has 0 aromatic heterocycles. The van der Waals surface area contributed by atoms with Gasteiger partial charge in [-0.3, -0.25) is 0 Å². The minimum absolute atomic E-state index is 0.673. The molecule has 0 amide bonds. The highest BCUT2D eigenvalue weighted by Gasteiger charge is 2.23. The summed E-state index contributed by atoms with van der Waals surface area (Å²) in [6, 6.07) is 6.61. The molecule has 1 atom stereocenters. The van der Waals surface area contributed by atoms with Crippen molar-refractivity contribution in [2.45, 2.75) is 32.9 Å². The zero-order valence-electron chi connectivity index (χ0n) is 11.6. The van der Waals surface area contributed by atoms with Crippen molar-refractivity contribution in [3.63, 3.8) is 0 Å². The van der Waals surface area contributed by atoms with E-state index in [0.717, 1.165) is 28.5 Å². The standard InChI is InChI=1S/C15H22BrClN2/c1-11(2)19-6-5-12(10-19)8-18-9-13-7-14(17)3-4-15(13)16/h3-4,7,11-12,18H,5-6,8-10H2,1-2H3. The second-order valence-electron chi connectivity index (χ2n) is 5.61. The predicted octanol–water partition coefficient (Wildman–Crippen LogP) is 3.92. The Labute approximate surface area is 129 Å². The van der Waals surface area contributed by atoms with E-state index in [1.807, 2.05) is 18.2 Å². The van der Waals surface area contributed by atoms with Crippen molar-refractivity contribution in [3.8, 4) is 0 Å². The van der Waals surface area contributed by atoms with Gasteiger partial charge in [0, 0.05) is 28.6 Å². The second kappa shape index (κ2) is 7.07. The van der Waals surface area contributed by atoms with Crippen molar-refractivity contribution in [3.05, 3.63) is 33.3 Å². The summed E-state index contributed by atoms with van der Waals surface area (Å²) in [4.78, 5) is 2.56. The number of hydrogen-bond acceptors (Lipinski definition) is 2. The van der Waals surface area contributed by atoms with Crippen molar-refractivity contribution < 1.29 is 0 Å². The van der Waals surface area contributed by atoms with Crippen molar-refractivity contribution in [2.24, 2.45) is 5.92 Å². The van der Waals surface area contributed by atoms with Crippen LogP contribution in [0.4, 0.5) is 0 Å². The molecule has 2 nitrogen and oxygen atoms in total. The molecule has 1 unspecified atom stereocenters. The lowest BCUT2D eigenvalue weighted by atomic mass is 10.1. The van der Waals surface area contributed by atoms with Crippen LogP contribution in [-0.2, 0) is 6.54 Å². The minimum Gasteiger partial charge on any atom is -0.312 e. The fourth-order valence-electron chi connectivity index (χ4n) is 2.59. The molecule has 1 saturated heterocycles. The van der Waals surface area contributed by atoms with Gasteiger partial charge in [0.25, 0.3) is 0 Å². The van der Waals surface area contributed by atoms with Gasteiger partial charge in [0.05, 0.1) is 0 Å². The summed E-state index contributed by atoms with van der Waals surface area (Å²) in [5, 5.41) is 4.35. The van der Waals surface area contributed by atoms with Crippen LogP contribution in [-0.4, -0.2) is 30.6 Å². The first-order chi connectivity index (χ1) is 9.06. The predicted molar refractivity (Wildman–Crippen MR) is 85.7 cm³/mol. The normalized spacial score (nSPS) is 20.4. The summed E-state index contributed by atoms with van der Waals surface area (Å²) >= 11 is 9.59. The topological polar surface area (TPSA) is 15.3 Å². The second-order valence-corrected chi connectivity index (χ2v) is 6.90. The van der Waals surface area contributed by atoms with Gasteiger partial charge in [-0.2, -0.15) is 0 Å². The zero-order chi connectivity index (χ0) is 13.8. The molecule has 1 aliphatic heterocycles. The summed E-state index contributed by atoms with van der Waals surface area (Å²) in [6.45, 7) is 8.98. The average Bonchev–Trinajstić information content (AvgIpc) is 2.82. The lowest BCUT2D eigenvalue weighted by molar-refractivity contribution is 0.264. The third-order valence-corrected chi connectivity index (χ3v) is 4.81. The molecule has 1 heterocycles. The summed E-state index contributed by atoms with van der Waals surface area (Å²) in [7, 11) is 0. The maximum atomic E-state index is 6.02. The lowest BCUT2D eigenvalue weighted by Gasteiger charge is -2.20.